The minimum Gasteiger partial charge on any atom is -0.493 e. The monoisotopic (exact) mass is 635 g/mol. The molecule has 1 aromatic carbocycles. The lowest BCUT2D eigenvalue weighted by atomic mass is 9.77. The first-order chi connectivity index (χ1) is 20.9. The Kier molecular flexibility index (Phi) is 14.0. The zero-order valence-electron chi connectivity index (χ0n) is 29.6. The summed E-state index contributed by atoms with van der Waals surface area (Å²) in [7, 11) is 3.26. The largest absolute Gasteiger partial charge is 0.509 e. The van der Waals surface area contributed by atoms with Crippen LogP contribution >= 0.6 is 0 Å². The molecule has 256 valence electrons. The normalized spacial score (nSPS) is 19.8. The van der Waals surface area contributed by atoms with E-state index in [0.29, 0.717) is 37.6 Å². The van der Waals surface area contributed by atoms with Crippen molar-refractivity contribution < 1.29 is 42.8 Å². The number of benzene rings is 1. The lowest BCUT2D eigenvalue weighted by molar-refractivity contribution is -0.152. The van der Waals surface area contributed by atoms with E-state index in [2.05, 4.69) is 13.8 Å². The molecule has 2 rings (SSSR count). The maximum atomic E-state index is 14.0. The van der Waals surface area contributed by atoms with E-state index in [-0.39, 0.29) is 30.1 Å². The molecule has 0 radical (unpaired) electrons. The van der Waals surface area contributed by atoms with E-state index in [0.717, 1.165) is 12.0 Å². The zero-order chi connectivity index (χ0) is 34.1. The molecule has 10 heteroatoms. The number of nitrogens with zero attached hydrogens (tertiary/aromatic N) is 1. The fourth-order valence-corrected chi connectivity index (χ4v) is 5.44. The lowest BCUT2D eigenvalue weighted by Gasteiger charge is -2.45. The molecule has 1 fully saturated rings. The number of rotatable bonds is 13. The Morgan fingerprint density at radius 3 is 2.11 bits per heavy atom. The maximum absolute atomic E-state index is 14.0. The third kappa shape index (κ3) is 12.0. The van der Waals surface area contributed by atoms with Crippen LogP contribution in [0.25, 0.3) is 0 Å². The SMILES string of the molecule is COCCCOc1cc(CC(C[C@H]2[C@@H](OC(=O)OC(C)(C)C)C[C@@H](C(C)C)C(=O)N2C(=O)OC(C)(C)C)C(C)C)ccc1OC. The Balaban J connectivity index is 2.50. The van der Waals surface area contributed by atoms with Gasteiger partial charge in [0.05, 0.1) is 19.8 Å². The minimum atomic E-state index is -0.829. The number of amides is 2. The van der Waals surface area contributed by atoms with Gasteiger partial charge in [0.1, 0.15) is 17.3 Å². The van der Waals surface area contributed by atoms with Crippen LogP contribution in [-0.2, 0) is 30.2 Å². The minimum absolute atomic E-state index is 0.00260. The molecule has 0 aliphatic carbocycles. The first-order valence-electron chi connectivity index (χ1n) is 16.1. The standard InChI is InChI=1S/C35H57NO9/c1-22(2)25(18-24-14-15-28(41-12)30(19-24)42-17-13-16-40-11)20-27-29(43-33(39)45-35(8,9)10)21-26(23(3)4)31(37)36(27)32(38)44-34(5,6)7/h14-15,19,22-23,25-27,29H,13,16-18,20-21H2,1-12H3/t25?,26-,27-,29-/m0/s1. The summed E-state index contributed by atoms with van der Waals surface area (Å²) in [5, 5.41) is 0. The summed E-state index contributed by atoms with van der Waals surface area (Å²) in [6, 6.07) is 5.11. The molecule has 2 amide bonds. The van der Waals surface area contributed by atoms with Crippen LogP contribution in [0.3, 0.4) is 0 Å². The quantitative estimate of drug-likeness (QED) is 0.161. The highest BCUT2D eigenvalue weighted by molar-refractivity contribution is 5.95. The van der Waals surface area contributed by atoms with Gasteiger partial charge in [0, 0.05) is 26.1 Å². The topological polar surface area (TPSA) is 110 Å². The molecule has 4 atom stereocenters. The Hall–Kier alpha value is -3.01. The second-order valence-corrected chi connectivity index (χ2v) is 14.6. The van der Waals surface area contributed by atoms with Crippen LogP contribution in [0.2, 0.25) is 0 Å². The molecular formula is C35H57NO9. The molecule has 45 heavy (non-hydrogen) atoms. The molecule has 1 saturated heterocycles. The van der Waals surface area contributed by atoms with Crippen molar-refractivity contribution in [2.24, 2.45) is 23.7 Å². The van der Waals surface area contributed by atoms with Crippen molar-refractivity contribution >= 4 is 18.2 Å². The summed E-state index contributed by atoms with van der Waals surface area (Å²) in [4.78, 5) is 41.8. The molecule has 0 spiro atoms. The summed E-state index contributed by atoms with van der Waals surface area (Å²) < 4.78 is 33.9. The number of methoxy groups -OCH3 is 2. The van der Waals surface area contributed by atoms with Crippen molar-refractivity contribution in [3.63, 3.8) is 0 Å². The van der Waals surface area contributed by atoms with Crippen LogP contribution in [-0.4, -0.2) is 73.8 Å². The van der Waals surface area contributed by atoms with E-state index < -0.39 is 41.5 Å². The van der Waals surface area contributed by atoms with E-state index in [4.69, 9.17) is 28.4 Å². The van der Waals surface area contributed by atoms with Gasteiger partial charge >= 0.3 is 12.2 Å². The highest BCUT2D eigenvalue weighted by Gasteiger charge is 2.49. The molecule has 0 N–H and O–H groups in total. The predicted octanol–water partition coefficient (Wildman–Crippen LogP) is 7.44. The van der Waals surface area contributed by atoms with Gasteiger partial charge in [-0.2, -0.15) is 0 Å². The first-order valence-corrected chi connectivity index (χ1v) is 16.1. The van der Waals surface area contributed by atoms with Crippen LogP contribution in [0.15, 0.2) is 18.2 Å². The van der Waals surface area contributed by atoms with E-state index in [1.807, 2.05) is 32.0 Å². The van der Waals surface area contributed by atoms with Crippen molar-refractivity contribution in [1.29, 1.82) is 0 Å². The number of likely N-dealkylation sites (tertiary alicyclic amines) is 1. The molecule has 1 aromatic rings. The van der Waals surface area contributed by atoms with Crippen LogP contribution < -0.4 is 9.47 Å². The van der Waals surface area contributed by atoms with Crippen molar-refractivity contribution in [1.82, 2.24) is 4.90 Å². The van der Waals surface area contributed by atoms with Gasteiger partial charge in [-0.3, -0.25) is 4.79 Å². The number of ether oxygens (including phenoxy) is 6. The van der Waals surface area contributed by atoms with Gasteiger partial charge < -0.3 is 28.4 Å². The lowest BCUT2D eigenvalue weighted by Crippen LogP contribution is -2.60. The molecule has 1 aliphatic rings. The van der Waals surface area contributed by atoms with E-state index in [1.165, 1.54) is 4.90 Å². The number of hydrogen-bond acceptors (Lipinski definition) is 9. The van der Waals surface area contributed by atoms with Gasteiger partial charge in [-0.1, -0.05) is 33.8 Å². The van der Waals surface area contributed by atoms with Gasteiger partial charge in [-0.05, 0) is 96.3 Å². The molecule has 1 aliphatic heterocycles. The van der Waals surface area contributed by atoms with Gasteiger partial charge in [0.2, 0.25) is 5.91 Å². The molecule has 0 bridgehead atoms. The molecular weight excluding hydrogens is 578 g/mol. The van der Waals surface area contributed by atoms with Crippen molar-refractivity contribution in [3.05, 3.63) is 23.8 Å². The smallest absolute Gasteiger partial charge is 0.493 e. The fourth-order valence-electron chi connectivity index (χ4n) is 5.44. The number of carbonyl (C=O) groups excluding carboxylic acids is 3. The summed E-state index contributed by atoms with van der Waals surface area (Å²) in [5.41, 5.74) is -0.571. The van der Waals surface area contributed by atoms with Gasteiger partial charge in [0.15, 0.2) is 11.5 Å². The van der Waals surface area contributed by atoms with Crippen LogP contribution in [0, 0.1) is 23.7 Å². The van der Waals surface area contributed by atoms with Crippen molar-refractivity contribution in [2.75, 3.05) is 27.4 Å². The highest BCUT2D eigenvalue weighted by atomic mass is 16.7. The van der Waals surface area contributed by atoms with Crippen LogP contribution in [0.1, 0.15) is 94.1 Å². The first kappa shape index (κ1) is 38.2. The Labute approximate surface area is 270 Å². The third-order valence-electron chi connectivity index (χ3n) is 7.80. The highest BCUT2D eigenvalue weighted by Crippen LogP contribution is 2.38. The van der Waals surface area contributed by atoms with Gasteiger partial charge in [-0.25, -0.2) is 14.5 Å². The average molecular weight is 636 g/mol. The molecule has 0 saturated carbocycles. The Morgan fingerprint density at radius 1 is 0.933 bits per heavy atom. The average Bonchev–Trinajstić information content (AvgIpc) is 2.89. The number of hydrogen-bond donors (Lipinski definition) is 0. The number of carbonyl (C=O) groups is 3. The molecule has 10 nitrogen and oxygen atoms in total. The Morgan fingerprint density at radius 2 is 1.58 bits per heavy atom. The molecule has 1 heterocycles. The van der Waals surface area contributed by atoms with E-state index in [1.54, 1.807) is 55.8 Å². The second-order valence-electron chi connectivity index (χ2n) is 14.6. The maximum Gasteiger partial charge on any atom is 0.509 e. The van der Waals surface area contributed by atoms with Crippen molar-refractivity contribution in [2.45, 2.75) is 118 Å². The van der Waals surface area contributed by atoms with Gasteiger partial charge in [-0.15, -0.1) is 0 Å². The van der Waals surface area contributed by atoms with E-state index >= 15 is 0 Å². The number of imide groups is 1. The Bertz CT molecular complexity index is 1120. The zero-order valence-corrected chi connectivity index (χ0v) is 29.6. The summed E-state index contributed by atoms with van der Waals surface area (Å²) in [5.74, 6) is 0.516. The van der Waals surface area contributed by atoms with E-state index in [9.17, 15) is 14.4 Å². The summed E-state index contributed by atoms with van der Waals surface area (Å²) in [6.45, 7) is 19.7. The van der Waals surface area contributed by atoms with Crippen LogP contribution in [0.4, 0.5) is 9.59 Å². The third-order valence-corrected chi connectivity index (χ3v) is 7.80. The van der Waals surface area contributed by atoms with Crippen LogP contribution in [0.5, 0.6) is 11.5 Å². The summed E-state index contributed by atoms with van der Waals surface area (Å²) in [6.07, 6.45) is -0.275. The molecule has 1 unspecified atom stereocenters. The van der Waals surface area contributed by atoms with Crippen molar-refractivity contribution in [3.8, 4) is 11.5 Å². The molecule has 0 aromatic heterocycles. The fraction of sp³-hybridized carbons (Fsp3) is 0.743. The number of piperidine rings is 1. The summed E-state index contributed by atoms with van der Waals surface area (Å²) >= 11 is 0. The van der Waals surface area contributed by atoms with Gasteiger partial charge in [0.25, 0.3) is 0 Å². The predicted molar refractivity (Wildman–Crippen MR) is 173 cm³/mol. The second kappa shape index (κ2) is 16.5.